The number of hydrogen-bond donors (Lipinski definition) is 2. The van der Waals surface area contributed by atoms with Crippen LogP contribution in [0.15, 0.2) is 41.2 Å². The van der Waals surface area contributed by atoms with Crippen molar-refractivity contribution in [3.63, 3.8) is 0 Å². The lowest BCUT2D eigenvalue weighted by Gasteiger charge is -2.06. The minimum absolute atomic E-state index is 0.261. The Hall–Kier alpha value is -1.94. The lowest BCUT2D eigenvalue weighted by Crippen LogP contribution is -2.08. The van der Waals surface area contributed by atoms with Gasteiger partial charge in [-0.2, -0.15) is 0 Å². The Balaban J connectivity index is 2.55. The van der Waals surface area contributed by atoms with Gasteiger partial charge in [-0.15, -0.1) is 0 Å². The zero-order valence-electron chi connectivity index (χ0n) is 8.40. The zero-order valence-corrected chi connectivity index (χ0v) is 8.40. The van der Waals surface area contributed by atoms with Crippen LogP contribution in [0.3, 0.4) is 0 Å². The summed E-state index contributed by atoms with van der Waals surface area (Å²) in [7, 11) is 0. The summed E-state index contributed by atoms with van der Waals surface area (Å²) in [4.78, 5) is 13.6. The van der Waals surface area contributed by atoms with Crippen LogP contribution in [0.5, 0.6) is 0 Å². The van der Waals surface area contributed by atoms with E-state index in [2.05, 4.69) is 4.98 Å². The van der Waals surface area contributed by atoms with Gasteiger partial charge in [0, 0.05) is 11.6 Å². The minimum atomic E-state index is -0.321. The molecule has 2 aromatic rings. The van der Waals surface area contributed by atoms with E-state index in [4.69, 9.17) is 5.11 Å². The van der Waals surface area contributed by atoms with Gasteiger partial charge in [0.25, 0.3) is 0 Å². The second kappa shape index (κ2) is 4.28. The van der Waals surface area contributed by atoms with Crippen LogP contribution in [-0.2, 0) is 6.61 Å². The molecular weight excluding hydrogens is 209 g/mol. The molecule has 82 valence electrons. The maximum Gasteiger partial charge on any atom is 0.248 e. The molecule has 16 heavy (non-hydrogen) atoms. The van der Waals surface area contributed by atoms with Crippen LogP contribution in [-0.4, -0.2) is 10.1 Å². The Bertz CT molecular complexity index is 546. The minimum Gasteiger partial charge on any atom is -0.390 e. The number of halogens is 1. The molecule has 1 heterocycles. The monoisotopic (exact) mass is 219 g/mol. The summed E-state index contributed by atoms with van der Waals surface area (Å²) < 4.78 is 12.7. The summed E-state index contributed by atoms with van der Waals surface area (Å²) in [5.74, 6) is -0.321. The quantitative estimate of drug-likeness (QED) is 0.807. The fraction of sp³-hybridized carbons (Fsp3) is 0.0833. The van der Waals surface area contributed by atoms with Gasteiger partial charge in [-0.05, 0) is 23.8 Å². The Kier molecular flexibility index (Phi) is 2.83. The molecule has 0 saturated heterocycles. The van der Waals surface area contributed by atoms with Crippen LogP contribution < -0.4 is 5.56 Å². The molecule has 1 aromatic heterocycles. The van der Waals surface area contributed by atoms with Crippen molar-refractivity contribution in [2.75, 3.05) is 0 Å². The van der Waals surface area contributed by atoms with E-state index in [0.717, 1.165) is 5.56 Å². The lowest BCUT2D eigenvalue weighted by atomic mass is 10.0. The first-order valence-electron chi connectivity index (χ1n) is 4.79. The van der Waals surface area contributed by atoms with Crippen LogP contribution in [0.4, 0.5) is 4.39 Å². The molecule has 2 rings (SSSR count). The number of aromatic amines is 1. The van der Waals surface area contributed by atoms with Crippen molar-refractivity contribution < 1.29 is 9.50 Å². The average molecular weight is 219 g/mol. The highest BCUT2D eigenvalue weighted by atomic mass is 19.1. The molecule has 0 aliphatic carbocycles. The molecule has 0 aliphatic heterocycles. The van der Waals surface area contributed by atoms with Crippen molar-refractivity contribution in [2.24, 2.45) is 0 Å². The highest BCUT2D eigenvalue weighted by Gasteiger charge is 2.05. The number of aliphatic hydroxyl groups is 1. The molecule has 4 heteroatoms. The third-order valence-electron chi connectivity index (χ3n) is 2.31. The topological polar surface area (TPSA) is 53.1 Å². The fourth-order valence-corrected chi connectivity index (χ4v) is 1.54. The van der Waals surface area contributed by atoms with Crippen LogP contribution in [0.25, 0.3) is 11.1 Å². The number of benzene rings is 1. The first-order valence-corrected chi connectivity index (χ1v) is 4.79. The normalized spacial score (nSPS) is 10.4. The van der Waals surface area contributed by atoms with Gasteiger partial charge in [0.15, 0.2) is 0 Å². The first kappa shape index (κ1) is 10.6. The highest BCUT2D eigenvalue weighted by Crippen LogP contribution is 2.21. The Morgan fingerprint density at radius 1 is 1.12 bits per heavy atom. The number of nitrogens with one attached hydrogen (secondary N) is 1. The molecule has 0 fully saturated rings. The SMILES string of the molecule is O=c1ccc(-c2ccc(F)cc2)c(CO)[nH]1. The predicted molar refractivity (Wildman–Crippen MR) is 58.4 cm³/mol. The molecule has 1 aromatic carbocycles. The van der Waals surface area contributed by atoms with E-state index in [9.17, 15) is 9.18 Å². The van der Waals surface area contributed by atoms with Gasteiger partial charge in [0.2, 0.25) is 5.56 Å². The predicted octanol–water partition coefficient (Wildman–Crippen LogP) is 1.67. The van der Waals surface area contributed by atoms with Crippen molar-refractivity contribution in [2.45, 2.75) is 6.61 Å². The number of hydrogen-bond acceptors (Lipinski definition) is 2. The van der Waals surface area contributed by atoms with Crippen molar-refractivity contribution in [3.8, 4) is 11.1 Å². The van der Waals surface area contributed by atoms with E-state index >= 15 is 0 Å². The van der Waals surface area contributed by atoms with Crippen LogP contribution in [0.2, 0.25) is 0 Å². The molecule has 0 radical (unpaired) electrons. The van der Waals surface area contributed by atoms with Crippen molar-refractivity contribution in [1.29, 1.82) is 0 Å². The molecule has 0 aliphatic rings. The Morgan fingerprint density at radius 2 is 1.81 bits per heavy atom. The number of aromatic nitrogens is 1. The molecule has 2 N–H and O–H groups in total. The van der Waals surface area contributed by atoms with Gasteiger partial charge >= 0.3 is 0 Å². The van der Waals surface area contributed by atoms with E-state index in [-0.39, 0.29) is 18.0 Å². The Morgan fingerprint density at radius 3 is 2.44 bits per heavy atom. The summed E-state index contributed by atoms with van der Waals surface area (Å²) in [6.45, 7) is -0.261. The highest BCUT2D eigenvalue weighted by molar-refractivity contribution is 5.65. The molecule has 0 amide bonds. The maximum absolute atomic E-state index is 12.7. The van der Waals surface area contributed by atoms with Crippen molar-refractivity contribution in [1.82, 2.24) is 4.98 Å². The van der Waals surface area contributed by atoms with Gasteiger partial charge < -0.3 is 10.1 Å². The third kappa shape index (κ3) is 2.01. The van der Waals surface area contributed by atoms with Gasteiger partial charge in [-0.25, -0.2) is 4.39 Å². The molecule has 0 saturated carbocycles. The summed E-state index contributed by atoms with van der Waals surface area (Å²) >= 11 is 0. The number of pyridine rings is 1. The molecule has 0 bridgehead atoms. The van der Waals surface area contributed by atoms with E-state index in [1.54, 1.807) is 18.2 Å². The van der Waals surface area contributed by atoms with Crippen molar-refractivity contribution >= 4 is 0 Å². The van der Waals surface area contributed by atoms with Crippen LogP contribution in [0.1, 0.15) is 5.69 Å². The largest absolute Gasteiger partial charge is 0.390 e. The summed E-state index contributed by atoms with van der Waals surface area (Å²) in [5, 5.41) is 9.11. The number of rotatable bonds is 2. The smallest absolute Gasteiger partial charge is 0.248 e. The van der Waals surface area contributed by atoms with Gasteiger partial charge in [0.05, 0.1) is 12.3 Å². The average Bonchev–Trinajstić information content (AvgIpc) is 2.30. The van der Waals surface area contributed by atoms with Crippen LogP contribution in [0, 0.1) is 5.82 Å². The summed E-state index contributed by atoms with van der Waals surface area (Å²) in [5.41, 5.74) is 1.61. The second-order valence-electron chi connectivity index (χ2n) is 3.38. The maximum atomic E-state index is 12.7. The summed E-state index contributed by atoms with van der Waals surface area (Å²) in [6, 6.07) is 8.85. The van der Waals surface area contributed by atoms with E-state index < -0.39 is 0 Å². The van der Waals surface area contributed by atoms with E-state index in [0.29, 0.717) is 11.3 Å². The lowest BCUT2D eigenvalue weighted by molar-refractivity contribution is 0.277. The molecule has 0 atom stereocenters. The summed E-state index contributed by atoms with van der Waals surface area (Å²) in [6.07, 6.45) is 0. The van der Waals surface area contributed by atoms with E-state index in [1.165, 1.54) is 18.2 Å². The van der Waals surface area contributed by atoms with Gasteiger partial charge in [-0.1, -0.05) is 12.1 Å². The third-order valence-corrected chi connectivity index (χ3v) is 2.31. The standard InChI is InChI=1S/C12H10FNO2/c13-9-3-1-8(2-4-9)10-5-6-12(16)14-11(10)7-15/h1-6,15H,7H2,(H,14,16). The first-order chi connectivity index (χ1) is 7.70. The fourth-order valence-electron chi connectivity index (χ4n) is 1.54. The molecule has 0 spiro atoms. The van der Waals surface area contributed by atoms with Crippen LogP contribution >= 0.6 is 0 Å². The van der Waals surface area contributed by atoms with Crippen molar-refractivity contribution in [3.05, 3.63) is 58.3 Å². The molecule has 0 unspecified atom stereocenters. The number of aliphatic hydroxyl groups excluding tert-OH is 1. The molecular formula is C12H10FNO2. The number of H-pyrrole nitrogens is 1. The van der Waals surface area contributed by atoms with E-state index in [1.807, 2.05) is 0 Å². The second-order valence-corrected chi connectivity index (χ2v) is 3.38. The van der Waals surface area contributed by atoms with Gasteiger partial charge in [0.1, 0.15) is 5.82 Å². The zero-order chi connectivity index (χ0) is 11.5. The Labute approximate surface area is 91.2 Å². The molecule has 3 nitrogen and oxygen atoms in total. The van der Waals surface area contributed by atoms with Gasteiger partial charge in [-0.3, -0.25) is 4.79 Å².